The van der Waals surface area contributed by atoms with Gasteiger partial charge in [0, 0.05) is 22.6 Å². The molecule has 2 aliphatic rings. The number of fused-ring (bicyclic) bond motifs is 2. The van der Waals surface area contributed by atoms with Crippen LogP contribution in [-0.2, 0) is 0 Å². The number of nitrogens with zero attached hydrogens (tertiary/aromatic N) is 1. The lowest BCUT2D eigenvalue weighted by atomic mass is 9.96. The highest BCUT2D eigenvalue weighted by molar-refractivity contribution is 9.10. The maximum atomic E-state index is 14.2. The van der Waals surface area contributed by atoms with Crippen molar-refractivity contribution in [1.29, 1.82) is 0 Å². The van der Waals surface area contributed by atoms with E-state index in [1.54, 1.807) is 12.1 Å². The van der Waals surface area contributed by atoms with Gasteiger partial charge in [0.25, 0.3) is 0 Å². The van der Waals surface area contributed by atoms with Crippen LogP contribution in [0.5, 0.6) is 0 Å². The quantitative estimate of drug-likeness (QED) is 0.911. The van der Waals surface area contributed by atoms with Crippen LogP contribution in [0, 0.1) is 5.82 Å². The summed E-state index contributed by atoms with van der Waals surface area (Å²) in [5.74, 6) is -0.104. The van der Waals surface area contributed by atoms with E-state index in [1.165, 1.54) is 12.8 Å². The molecule has 0 radical (unpaired) electrons. The molecule has 1 N–H and O–H groups in total. The SMILES string of the molecule is CCNC1CC2CCC(C1)N2c1c(F)cccc1Br. The molecule has 104 valence electrons. The molecule has 0 amide bonds. The van der Waals surface area contributed by atoms with Gasteiger partial charge in [-0.3, -0.25) is 0 Å². The fraction of sp³-hybridized carbons (Fsp3) is 0.600. The van der Waals surface area contributed by atoms with Crippen molar-refractivity contribution in [3.63, 3.8) is 0 Å². The summed E-state index contributed by atoms with van der Waals surface area (Å²) < 4.78 is 15.0. The van der Waals surface area contributed by atoms with Crippen molar-refractivity contribution in [2.45, 2.75) is 50.7 Å². The molecule has 0 aromatic heterocycles. The maximum absolute atomic E-state index is 14.2. The first-order valence-electron chi connectivity index (χ1n) is 7.16. The predicted octanol–water partition coefficient (Wildman–Crippen LogP) is 3.70. The lowest BCUT2D eigenvalue weighted by Gasteiger charge is -2.41. The molecule has 2 heterocycles. The van der Waals surface area contributed by atoms with E-state index in [4.69, 9.17) is 0 Å². The van der Waals surface area contributed by atoms with Crippen LogP contribution in [0.4, 0.5) is 10.1 Å². The summed E-state index contributed by atoms with van der Waals surface area (Å²) in [7, 11) is 0. The average Bonchev–Trinajstić information content (AvgIpc) is 2.63. The molecule has 2 unspecified atom stereocenters. The van der Waals surface area contributed by atoms with E-state index in [0.717, 1.165) is 29.5 Å². The van der Waals surface area contributed by atoms with E-state index in [0.29, 0.717) is 18.1 Å². The Balaban J connectivity index is 1.88. The van der Waals surface area contributed by atoms with Crippen molar-refractivity contribution in [3.8, 4) is 0 Å². The number of halogens is 2. The Morgan fingerprint density at radius 3 is 2.58 bits per heavy atom. The maximum Gasteiger partial charge on any atom is 0.147 e. The van der Waals surface area contributed by atoms with Crippen LogP contribution in [0.3, 0.4) is 0 Å². The normalized spacial score (nSPS) is 29.8. The van der Waals surface area contributed by atoms with E-state index in [1.807, 2.05) is 6.07 Å². The van der Waals surface area contributed by atoms with Gasteiger partial charge in [0.05, 0.1) is 5.69 Å². The average molecular weight is 327 g/mol. The molecule has 2 aliphatic heterocycles. The largest absolute Gasteiger partial charge is 0.362 e. The molecule has 19 heavy (non-hydrogen) atoms. The molecular weight excluding hydrogens is 307 g/mol. The molecule has 0 aliphatic carbocycles. The van der Waals surface area contributed by atoms with Crippen molar-refractivity contribution in [1.82, 2.24) is 5.32 Å². The van der Waals surface area contributed by atoms with Crippen LogP contribution >= 0.6 is 15.9 Å². The summed E-state index contributed by atoms with van der Waals surface area (Å²) in [5, 5.41) is 3.55. The standard InChI is InChI=1S/C15H20BrFN2/c1-2-18-10-8-11-6-7-12(9-10)19(11)15-13(16)4-3-5-14(15)17/h3-5,10-12,18H,2,6-9H2,1H3. The van der Waals surface area contributed by atoms with Crippen LogP contribution in [0.25, 0.3) is 0 Å². The van der Waals surface area contributed by atoms with Gasteiger partial charge in [-0.25, -0.2) is 4.39 Å². The van der Waals surface area contributed by atoms with Gasteiger partial charge in [-0.2, -0.15) is 0 Å². The third-order valence-corrected chi connectivity index (χ3v) is 5.06. The fourth-order valence-electron chi connectivity index (χ4n) is 3.73. The van der Waals surface area contributed by atoms with Gasteiger partial charge in [-0.15, -0.1) is 0 Å². The van der Waals surface area contributed by atoms with Gasteiger partial charge in [0.1, 0.15) is 5.82 Å². The summed E-state index contributed by atoms with van der Waals surface area (Å²) in [4.78, 5) is 2.33. The van der Waals surface area contributed by atoms with Crippen LogP contribution in [0.2, 0.25) is 0 Å². The smallest absolute Gasteiger partial charge is 0.147 e. The third kappa shape index (κ3) is 2.40. The van der Waals surface area contributed by atoms with Crippen LogP contribution in [0.1, 0.15) is 32.6 Å². The number of nitrogens with one attached hydrogen (secondary N) is 1. The first-order valence-corrected chi connectivity index (χ1v) is 7.95. The van der Waals surface area contributed by atoms with Crippen molar-refractivity contribution >= 4 is 21.6 Å². The molecular formula is C15H20BrFN2. The minimum Gasteiger partial charge on any atom is -0.362 e. The Morgan fingerprint density at radius 1 is 1.32 bits per heavy atom. The van der Waals surface area contributed by atoms with Gasteiger partial charge in [0.2, 0.25) is 0 Å². The predicted molar refractivity (Wildman–Crippen MR) is 80.1 cm³/mol. The van der Waals surface area contributed by atoms with E-state index in [-0.39, 0.29) is 5.82 Å². The van der Waals surface area contributed by atoms with Crippen LogP contribution in [-0.4, -0.2) is 24.7 Å². The van der Waals surface area contributed by atoms with Crippen molar-refractivity contribution in [2.75, 3.05) is 11.4 Å². The highest BCUT2D eigenvalue weighted by Crippen LogP contribution is 2.43. The summed E-state index contributed by atoms with van der Waals surface area (Å²) in [6, 6.07) is 6.83. The van der Waals surface area contributed by atoms with Gasteiger partial charge in [-0.05, 0) is 60.3 Å². The summed E-state index contributed by atoms with van der Waals surface area (Å²) >= 11 is 3.51. The van der Waals surface area contributed by atoms with Crippen LogP contribution < -0.4 is 10.2 Å². The minimum absolute atomic E-state index is 0.104. The van der Waals surface area contributed by atoms with E-state index < -0.39 is 0 Å². The number of hydrogen-bond donors (Lipinski definition) is 1. The van der Waals surface area contributed by atoms with E-state index in [2.05, 4.69) is 33.1 Å². The zero-order valence-electron chi connectivity index (χ0n) is 11.2. The second kappa shape index (κ2) is 5.41. The summed E-state index contributed by atoms with van der Waals surface area (Å²) in [6.07, 6.45) is 4.64. The molecule has 2 fully saturated rings. The lowest BCUT2D eigenvalue weighted by molar-refractivity contribution is 0.358. The molecule has 0 spiro atoms. The monoisotopic (exact) mass is 326 g/mol. The molecule has 3 rings (SSSR count). The van der Waals surface area contributed by atoms with Crippen molar-refractivity contribution in [2.24, 2.45) is 0 Å². The molecule has 4 heteroatoms. The summed E-state index contributed by atoms with van der Waals surface area (Å²) in [6.45, 7) is 3.18. The Labute approximate surface area is 122 Å². The fourth-order valence-corrected chi connectivity index (χ4v) is 4.28. The van der Waals surface area contributed by atoms with Crippen molar-refractivity contribution < 1.29 is 4.39 Å². The van der Waals surface area contributed by atoms with Crippen LogP contribution in [0.15, 0.2) is 22.7 Å². The number of benzene rings is 1. The molecule has 2 atom stereocenters. The minimum atomic E-state index is -0.104. The molecule has 0 saturated carbocycles. The van der Waals surface area contributed by atoms with Gasteiger partial charge in [-0.1, -0.05) is 13.0 Å². The van der Waals surface area contributed by atoms with Gasteiger partial charge >= 0.3 is 0 Å². The highest BCUT2D eigenvalue weighted by Gasteiger charge is 2.41. The number of hydrogen-bond acceptors (Lipinski definition) is 2. The third-order valence-electron chi connectivity index (χ3n) is 4.42. The number of anilines is 1. The van der Waals surface area contributed by atoms with E-state index in [9.17, 15) is 4.39 Å². The van der Waals surface area contributed by atoms with Gasteiger partial charge in [0.15, 0.2) is 0 Å². The topological polar surface area (TPSA) is 15.3 Å². The Morgan fingerprint density at radius 2 is 2.00 bits per heavy atom. The second-order valence-electron chi connectivity index (χ2n) is 5.59. The molecule has 1 aromatic carbocycles. The van der Waals surface area contributed by atoms with E-state index >= 15 is 0 Å². The first-order chi connectivity index (χ1) is 9.20. The highest BCUT2D eigenvalue weighted by atomic mass is 79.9. The Bertz CT molecular complexity index is 431. The Kier molecular flexibility index (Phi) is 3.81. The molecule has 2 saturated heterocycles. The lowest BCUT2D eigenvalue weighted by Crippen LogP contribution is -2.49. The number of piperidine rings is 1. The molecule has 1 aromatic rings. The van der Waals surface area contributed by atoms with Crippen molar-refractivity contribution in [3.05, 3.63) is 28.5 Å². The number of rotatable bonds is 3. The molecule has 2 nitrogen and oxygen atoms in total. The first kappa shape index (κ1) is 13.4. The zero-order chi connectivity index (χ0) is 13.4. The summed E-state index contributed by atoms with van der Waals surface area (Å²) in [5.41, 5.74) is 0.768. The Hall–Kier alpha value is -0.610. The van der Waals surface area contributed by atoms with Gasteiger partial charge < -0.3 is 10.2 Å². The molecule has 2 bridgehead atoms. The number of para-hydroxylation sites is 1. The zero-order valence-corrected chi connectivity index (χ0v) is 12.8. The second-order valence-corrected chi connectivity index (χ2v) is 6.44.